The maximum Gasteiger partial charge on any atom is 0.374 e. The van der Waals surface area contributed by atoms with E-state index >= 15 is 0 Å². The molecule has 2 unspecified atom stereocenters. The number of carbonyl (C=O) groups is 1. The third kappa shape index (κ3) is 2.79. The molecule has 2 aromatic rings. The van der Waals surface area contributed by atoms with Crippen LogP contribution in [0.15, 0.2) is 46.9 Å². The molecule has 0 saturated carbocycles. The van der Waals surface area contributed by atoms with Crippen LogP contribution >= 0.6 is 0 Å². The number of hydrogen-bond acceptors (Lipinski definition) is 3. The summed E-state index contributed by atoms with van der Waals surface area (Å²) < 4.78 is 11.4. The Kier molecular flexibility index (Phi) is 3.69. The summed E-state index contributed by atoms with van der Waals surface area (Å²) in [4.78, 5) is 14.0. The number of ether oxygens (including phenoxy) is 1. The average Bonchev–Trinajstić information content (AvgIpc) is 3.12. The minimum absolute atomic E-state index is 0.0361. The molecule has 4 rings (SSSR count). The van der Waals surface area contributed by atoms with Crippen LogP contribution in [0.1, 0.15) is 36.2 Å². The first-order chi connectivity index (χ1) is 11.2. The van der Waals surface area contributed by atoms with Gasteiger partial charge in [-0.15, -0.1) is 0 Å². The quantitative estimate of drug-likeness (QED) is 0.885. The second kappa shape index (κ2) is 5.85. The number of furan rings is 1. The molecular weight excluding hydrogens is 290 g/mol. The van der Waals surface area contributed by atoms with Crippen molar-refractivity contribution in [3.8, 4) is 11.3 Å². The Morgan fingerprint density at radius 2 is 1.78 bits per heavy atom. The highest BCUT2D eigenvalue weighted by Gasteiger charge is 2.43. The topological polar surface area (TPSA) is 43.9 Å². The summed E-state index contributed by atoms with van der Waals surface area (Å²) in [5.41, 5.74) is 0.965. The number of benzene rings is 1. The minimum Gasteiger partial charge on any atom is -0.456 e. The number of nitrogens with one attached hydrogen (secondary N) is 1. The molecular formula is C19H22NO3+. The summed E-state index contributed by atoms with van der Waals surface area (Å²) >= 11 is 0. The number of piperidine rings is 1. The highest BCUT2D eigenvalue weighted by atomic mass is 16.6. The molecule has 4 heteroatoms. The van der Waals surface area contributed by atoms with Crippen LogP contribution < -0.4 is 4.90 Å². The fraction of sp³-hybridized carbons (Fsp3) is 0.421. The molecule has 0 aliphatic carbocycles. The van der Waals surface area contributed by atoms with E-state index in [4.69, 9.17) is 9.15 Å². The standard InChI is InChI=1S/C19H21NO3/c1-20-14-7-8-15(20)12-16(11-14)22-19(21)18-10-9-17(23-18)13-5-3-2-4-6-13/h2-6,9-10,14-16H,7-8,11-12H2,1H3/p+1/t14-,15+,16?. The van der Waals surface area contributed by atoms with Crippen molar-refractivity contribution in [3.05, 3.63) is 48.2 Å². The third-order valence-corrected chi connectivity index (χ3v) is 5.39. The van der Waals surface area contributed by atoms with Crippen LogP contribution in [0.2, 0.25) is 0 Å². The Labute approximate surface area is 136 Å². The van der Waals surface area contributed by atoms with Crippen LogP contribution in [0, 0.1) is 0 Å². The molecule has 1 aromatic carbocycles. The monoisotopic (exact) mass is 312 g/mol. The second-order valence-corrected chi connectivity index (χ2v) is 6.74. The Balaban J connectivity index is 1.43. The molecule has 0 amide bonds. The third-order valence-electron chi connectivity index (χ3n) is 5.39. The Hall–Kier alpha value is -2.07. The number of quaternary nitrogens is 1. The van der Waals surface area contributed by atoms with Crippen molar-refractivity contribution < 1.29 is 18.8 Å². The molecule has 2 saturated heterocycles. The predicted octanol–water partition coefficient (Wildman–Crippen LogP) is 2.31. The van der Waals surface area contributed by atoms with Crippen LogP contribution in [0.3, 0.4) is 0 Å². The summed E-state index contributed by atoms with van der Waals surface area (Å²) in [5, 5.41) is 0. The zero-order valence-corrected chi connectivity index (χ0v) is 13.3. The Morgan fingerprint density at radius 3 is 2.48 bits per heavy atom. The highest BCUT2D eigenvalue weighted by molar-refractivity contribution is 5.87. The number of carbonyl (C=O) groups excluding carboxylic acids is 1. The van der Waals surface area contributed by atoms with Gasteiger partial charge in [0.2, 0.25) is 5.76 Å². The molecule has 0 spiro atoms. The van der Waals surface area contributed by atoms with Crippen molar-refractivity contribution in [2.45, 2.75) is 43.9 Å². The van der Waals surface area contributed by atoms with Crippen molar-refractivity contribution in [3.63, 3.8) is 0 Å². The first kappa shape index (κ1) is 14.5. The van der Waals surface area contributed by atoms with Crippen LogP contribution in [0.4, 0.5) is 0 Å². The van der Waals surface area contributed by atoms with Gasteiger partial charge in [-0.1, -0.05) is 30.3 Å². The molecule has 0 radical (unpaired) electrons. The predicted molar refractivity (Wildman–Crippen MR) is 86.3 cm³/mol. The van der Waals surface area contributed by atoms with E-state index in [2.05, 4.69) is 7.05 Å². The van der Waals surface area contributed by atoms with Crippen molar-refractivity contribution in [2.75, 3.05) is 7.05 Å². The molecule has 2 fully saturated rings. The summed E-state index contributed by atoms with van der Waals surface area (Å²) in [6.07, 6.45) is 4.49. The minimum atomic E-state index is -0.337. The summed E-state index contributed by atoms with van der Waals surface area (Å²) in [7, 11) is 2.26. The zero-order chi connectivity index (χ0) is 15.8. The van der Waals surface area contributed by atoms with E-state index in [-0.39, 0.29) is 12.1 Å². The SMILES string of the molecule is C[NH+]1[C@@H]2CC[C@H]1CC(OC(=O)c1ccc(-c3ccccc3)o1)C2. The average molecular weight is 312 g/mol. The number of hydrogen-bond donors (Lipinski definition) is 1. The molecule has 120 valence electrons. The van der Waals surface area contributed by atoms with E-state index in [0.717, 1.165) is 18.4 Å². The van der Waals surface area contributed by atoms with Gasteiger partial charge in [-0.3, -0.25) is 0 Å². The lowest BCUT2D eigenvalue weighted by atomic mass is 10.0. The largest absolute Gasteiger partial charge is 0.456 e. The maximum atomic E-state index is 12.4. The second-order valence-electron chi connectivity index (χ2n) is 6.74. The summed E-state index contributed by atoms with van der Waals surface area (Å²) in [6.45, 7) is 0. The Bertz CT molecular complexity index is 680. The van der Waals surface area contributed by atoms with Gasteiger partial charge in [-0.2, -0.15) is 0 Å². The van der Waals surface area contributed by atoms with E-state index in [1.54, 1.807) is 11.0 Å². The molecule has 4 atom stereocenters. The van der Waals surface area contributed by atoms with Gasteiger partial charge >= 0.3 is 5.97 Å². The van der Waals surface area contributed by atoms with Crippen LogP contribution in [-0.4, -0.2) is 31.2 Å². The van der Waals surface area contributed by atoms with Crippen LogP contribution in [0.5, 0.6) is 0 Å². The highest BCUT2D eigenvalue weighted by Crippen LogP contribution is 2.26. The Morgan fingerprint density at radius 1 is 1.09 bits per heavy atom. The summed E-state index contributed by atoms with van der Waals surface area (Å²) in [6, 6.07) is 14.6. The molecule has 2 aliphatic rings. The van der Waals surface area contributed by atoms with E-state index in [1.165, 1.54) is 12.8 Å². The van der Waals surface area contributed by atoms with Gasteiger partial charge in [-0.25, -0.2) is 4.79 Å². The van der Waals surface area contributed by atoms with Gasteiger partial charge in [0.05, 0.1) is 19.1 Å². The first-order valence-electron chi connectivity index (χ1n) is 8.40. The zero-order valence-electron chi connectivity index (χ0n) is 13.3. The van der Waals surface area contributed by atoms with Gasteiger partial charge in [0.25, 0.3) is 0 Å². The van der Waals surface area contributed by atoms with Crippen molar-refractivity contribution >= 4 is 5.97 Å². The van der Waals surface area contributed by atoms with Gasteiger partial charge in [-0.05, 0) is 12.1 Å². The van der Waals surface area contributed by atoms with Crippen molar-refractivity contribution in [1.29, 1.82) is 0 Å². The number of fused-ring (bicyclic) bond motifs is 2. The summed E-state index contributed by atoms with van der Waals surface area (Å²) in [5.74, 6) is 0.657. The lowest BCUT2D eigenvalue weighted by Gasteiger charge is -2.32. The fourth-order valence-electron chi connectivity index (χ4n) is 4.04. The fourth-order valence-corrected chi connectivity index (χ4v) is 4.04. The maximum absolute atomic E-state index is 12.4. The molecule has 23 heavy (non-hydrogen) atoms. The first-order valence-corrected chi connectivity index (χ1v) is 8.40. The molecule has 2 bridgehead atoms. The number of rotatable bonds is 3. The van der Waals surface area contributed by atoms with Gasteiger partial charge < -0.3 is 14.1 Å². The molecule has 1 N–H and O–H groups in total. The lowest BCUT2D eigenvalue weighted by molar-refractivity contribution is -0.923. The van der Waals surface area contributed by atoms with Crippen molar-refractivity contribution in [2.24, 2.45) is 0 Å². The smallest absolute Gasteiger partial charge is 0.374 e. The van der Waals surface area contributed by atoms with E-state index in [9.17, 15) is 4.79 Å². The normalized spacial score (nSPS) is 29.4. The van der Waals surface area contributed by atoms with Gasteiger partial charge in [0.15, 0.2) is 0 Å². The van der Waals surface area contributed by atoms with Crippen LogP contribution in [-0.2, 0) is 4.74 Å². The molecule has 4 nitrogen and oxygen atoms in total. The van der Waals surface area contributed by atoms with E-state index in [1.807, 2.05) is 36.4 Å². The van der Waals surface area contributed by atoms with Gasteiger partial charge in [0.1, 0.15) is 11.9 Å². The van der Waals surface area contributed by atoms with E-state index in [0.29, 0.717) is 23.6 Å². The molecule has 3 heterocycles. The lowest BCUT2D eigenvalue weighted by Crippen LogP contribution is -3.15. The van der Waals surface area contributed by atoms with Crippen LogP contribution in [0.25, 0.3) is 11.3 Å². The van der Waals surface area contributed by atoms with Gasteiger partial charge in [0, 0.05) is 31.2 Å². The number of esters is 1. The van der Waals surface area contributed by atoms with E-state index < -0.39 is 0 Å². The molecule has 1 aromatic heterocycles. The molecule has 2 aliphatic heterocycles. The van der Waals surface area contributed by atoms with Crippen molar-refractivity contribution in [1.82, 2.24) is 0 Å².